The van der Waals surface area contributed by atoms with Gasteiger partial charge < -0.3 is 9.88 Å². The fourth-order valence-corrected chi connectivity index (χ4v) is 3.11. The molecule has 5 heteroatoms. The van der Waals surface area contributed by atoms with Gasteiger partial charge in [0.2, 0.25) is 0 Å². The summed E-state index contributed by atoms with van der Waals surface area (Å²) in [5, 5.41) is 2.88. The van der Waals surface area contributed by atoms with Crippen molar-refractivity contribution in [3.8, 4) is 0 Å². The van der Waals surface area contributed by atoms with E-state index in [1.807, 2.05) is 24.3 Å². The van der Waals surface area contributed by atoms with Crippen LogP contribution in [0.15, 0.2) is 67.3 Å². The number of para-hydroxylation sites is 1. The smallest absolute Gasteiger partial charge is 0.260 e. The van der Waals surface area contributed by atoms with Gasteiger partial charge in [-0.1, -0.05) is 30.3 Å². The van der Waals surface area contributed by atoms with Crippen LogP contribution >= 0.6 is 0 Å². The lowest BCUT2D eigenvalue weighted by molar-refractivity contribution is -0.120. The average molecular weight is 293 g/mol. The van der Waals surface area contributed by atoms with Gasteiger partial charge in [0.15, 0.2) is 5.54 Å². The lowest BCUT2D eigenvalue weighted by atomic mass is 9.83. The Labute approximate surface area is 126 Å². The van der Waals surface area contributed by atoms with E-state index < -0.39 is 5.54 Å². The van der Waals surface area contributed by atoms with Gasteiger partial charge in [-0.2, -0.15) is 0 Å². The van der Waals surface area contributed by atoms with E-state index in [0.29, 0.717) is 5.56 Å². The lowest BCUT2D eigenvalue weighted by Gasteiger charge is -2.29. The summed E-state index contributed by atoms with van der Waals surface area (Å²) in [6.07, 6.45) is 4.90. The Kier molecular flexibility index (Phi) is 2.63. The molecule has 22 heavy (non-hydrogen) atoms. The van der Waals surface area contributed by atoms with Gasteiger partial charge in [0.05, 0.1) is 6.33 Å². The molecule has 4 rings (SSSR count). The van der Waals surface area contributed by atoms with Crippen LogP contribution in [0, 0.1) is 5.82 Å². The van der Waals surface area contributed by atoms with Crippen LogP contribution in [-0.2, 0) is 10.3 Å². The zero-order chi connectivity index (χ0) is 15.2. The van der Waals surface area contributed by atoms with Crippen molar-refractivity contribution in [2.24, 2.45) is 0 Å². The number of hydrogen-bond acceptors (Lipinski definition) is 2. The number of benzene rings is 2. The van der Waals surface area contributed by atoms with Crippen LogP contribution in [0.1, 0.15) is 11.1 Å². The van der Waals surface area contributed by atoms with Crippen LogP contribution in [0.2, 0.25) is 0 Å². The van der Waals surface area contributed by atoms with E-state index in [1.54, 1.807) is 35.4 Å². The molecule has 1 N–H and O–H groups in total. The van der Waals surface area contributed by atoms with Crippen LogP contribution in [0.5, 0.6) is 0 Å². The van der Waals surface area contributed by atoms with Crippen molar-refractivity contribution >= 4 is 11.6 Å². The van der Waals surface area contributed by atoms with E-state index in [2.05, 4.69) is 10.3 Å². The van der Waals surface area contributed by atoms with Crippen LogP contribution in [-0.4, -0.2) is 15.5 Å². The Balaban J connectivity index is 2.09. The summed E-state index contributed by atoms with van der Waals surface area (Å²) in [7, 11) is 0. The molecular formula is C17H12FN3O. The van der Waals surface area contributed by atoms with E-state index in [9.17, 15) is 9.18 Å². The quantitative estimate of drug-likeness (QED) is 0.789. The Morgan fingerprint density at radius 2 is 2.00 bits per heavy atom. The number of rotatable bonds is 2. The van der Waals surface area contributed by atoms with Crippen LogP contribution < -0.4 is 5.32 Å². The van der Waals surface area contributed by atoms with E-state index in [0.717, 1.165) is 11.3 Å². The van der Waals surface area contributed by atoms with Crippen molar-refractivity contribution in [3.63, 3.8) is 0 Å². The fraction of sp³-hybridized carbons (Fsp3) is 0.0588. The lowest BCUT2D eigenvalue weighted by Crippen LogP contribution is -2.42. The normalized spacial score (nSPS) is 19.8. The first-order valence-electron chi connectivity index (χ1n) is 6.88. The molecule has 0 saturated carbocycles. The van der Waals surface area contributed by atoms with E-state index in [1.165, 1.54) is 12.1 Å². The second-order valence-electron chi connectivity index (χ2n) is 5.19. The van der Waals surface area contributed by atoms with E-state index in [4.69, 9.17) is 0 Å². The van der Waals surface area contributed by atoms with Gasteiger partial charge in [-0.3, -0.25) is 4.79 Å². The van der Waals surface area contributed by atoms with Crippen molar-refractivity contribution in [3.05, 3.63) is 84.2 Å². The van der Waals surface area contributed by atoms with Crippen LogP contribution in [0.4, 0.5) is 10.1 Å². The number of aromatic nitrogens is 2. The first kappa shape index (κ1) is 12.8. The summed E-state index contributed by atoms with van der Waals surface area (Å²) in [4.78, 5) is 16.9. The van der Waals surface area contributed by atoms with Crippen molar-refractivity contribution in [1.82, 2.24) is 9.55 Å². The third-order valence-electron chi connectivity index (χ3n) is 4.03. The first-order valence-corrected chi connectivity index (χ1v) is 6.88. The molecule has 1 atom stereocenters. The van der Waals surface area contributed by atoms with Gasteiger partial charge in [-0.25, -0.2) is 9.37 Å². The monoisotopic (exact) mass is 293 g/mol. The predicted octanol–water partition coefficient (Wildman–Crippen LogP) is 2.77. The maximum Gasteiger partial charge on any atom is 0.260 e. The second-order valence-corrected chi connectivity index (χ2v) is 5.19. The minimum Gasteiger partial charge on any atom is -0.323 e. The minimum atomic E-state index is -1.14. The Morgan fingerprint density at radius 3 is 2.77 bits per heavy atom. The van der Waals surface area contributed by atoms with Gasteiger partial charge in [0.1, 0.15) is 5.82 Å². The molecule has 1 amide bonds. The van der Waals surface area contributed by atoms with Crippen molar-refractivity contribution < 1.29 is 9.18 Å². The number of imidazole rings is 1. The summed E-state index contributed by atoms with van der Waals surface area (Å²) in [5.74, 6) is -0.605. The van der Waals surface area contributed by atoms with E-state index in [-0.39, 0.29) is 11.7 Å². The Bertz CT molecular complexity index is 860. The standard InChI is InChI=1S/C17H12FN3O/c18-13-5-3-4-12(10-13)17(21-9-8-19-11-21)14-6-1-2-7-15(14)20-16(17)22/h1-11H,(H,20,22). The molecule has 2 heterocycles. The maximum atomic E-state index is 13.8. The third kappa shape index (κ3) is 1.56. The predicted molar refractivity (Wildman–Crippen MR) is 79.9 cm³/mol. The largest absolute Gasteiger partial charge is 0.323 e. The molecule has 1 unspecified atom stereocenters. The van der Waals surface area contributed by atoms with Crippen molar-refractivity contribution in [2.75, 3.05) is 5.32 Å². The number of carbonyl (C=O) groups excluding carboxylic acids is 1. The summed E-state index contributed by atoms with van der Waals surface area (Å²) < 4.78 is 15.5. The summed E-state index contributed by atoms with van der Waals surface area (Å²) >= 11 is 0. The van der Waals surface area contributed by atoms with Crippen LogP contribution in [0.25, 0.3) is 0 Å². The molecule has 0 spiro atoms. The molecule has 1 aromatic heterocycles. The molecule has 4 nitrogen and oxygen atoms in total. The molecule has 0 aliphatic carbocycles. The molecule has 0 bridgehead atoms. The highest BCUT2D eigenvalue weighted by Crippen LogP contribution is 2.43. The number of fused-ring (bicyclic) bond motifs is 1. The second kappa shape index (κ2) is 4.53. The first-order chi connectivity index (χ1) is 10.7. The average Bonchev–Trinajstić information content (AvgIpc) is 3.13. The van der Waals surface area contributed by atoms with Crippen molar-refractivity contribution in [2.45, 2.75) is 5.54 Å². The highest BCUT2D eigenvalue weighted by atomic mass is 19.1. The number of anilines is 1. The molecule has 1 aliphatic rings. The zero-order valence-corrected chi connectivity index (χ0v) is 11.5. The number of hydrogen-bond donors (Lipinski definition) is 1. The van der Waals surface area contributed by atoms with Gasteiger partial charge in [-0.05, 0) is 23.8 Å². The summed E-state index contributed by atoms with van der Waals surface area (Å²) in [5.41, 5.74) is 0.928. The molecule has 0 saturated heterocycles. The van der Waals surface area contributed by atoms with Gasteiger partial charge >= 0.3 is 0 Å². The number of nitrogens with zero attached hydrogens (tertiary/aromatic N) is 2. The number of amides is 1. The topological polar surface area (TPSA) is 46.9 Å². The highest BCUT2D eigenvalue weighted by Gasteiger charge is 2.49. The third-order valence-corrected chi connectivity index (χ3v) is 4.03. The molecule has 3 aromatic rings. The maximum absolute atomic E-state index is 13.8. The number of nitrogens with one attached hydrogen (secondary N) is 1. The number of carbonyl (C=O) groups is 1. The summed E-state index contributed by atoms with van der Waals surface area (Å²) in [6, 6.07) is 13.6. The van der Waals surface area contributed by atoms with Crippen LogP contribution in [0.3, 0.4) is 0 Å². The molecule has 0 radical (unpaired) electrons. The highest BCUT2D eigenvalue weighted by molar-refractivity contribution is 6.08. The molecule has 1 aliphatic heterocycles. The zero-order valence-electron chi connectivity index (χ0n) is 11.5. The van der Waals surface area contributed by atoms with Crippen molar-refractivity contribution in [1.29, 1.82) is 0 Å². The fourth-order valence-electron chi connectivity index (χ4n) is 3.11. The van der Waals surface area contributed by atoms with E-state index >= 15 is 0 Å². The summed E-state index contributed by atoms with van der Waals surface area (Å²) in [6.45, 7) is 0. The van der Waals surface area contributed by atoms with Gasteiger partial charge in [0.25, 0.3) is 5.91 Å². The molecule has 108 valence electrons. The number of halogens is 1. The Morgan fingerprint density at radius 1 is 1.14 bits per heavy atom. The van der Waals surface area contributed by atoms with Gasteiger partial charge in [0, 0.05) is 23.6 Å². The molecule has 0 fully saturated rings. The SMILES string of the molecule is O=C1Nc2ccccc2C1(c1cccc(F)c1)n1ccnc1. The van der Waals surface area contributed by atoms with Gasteiger partial charge in [-0.15, -0.1) is 0 Å². The molecular weight excluding hydrogens is 281 g/mol. The Hall–Kier alpha value is -2.95. The minimum absolute atomic E-state index is 0.225. The molecule has 2 aromatic carbocycles.